The molecule has 1 saturated carbocycles. The topological polar surface area (TPSA) is 55.5 Å². The van der Waals surface area contributed by atoms with Crippen LogP contribution in [0, 0.1) is 5.92 Å². The van der Waals surface area contributed by atoms with Crippen molar-refractivity contribution in [3.05, 3.63) is 23.8 Å². The molecule has 2 rings (SSSR count). The quantitative estimate of drug-likeness (QED) is 0.798. The van der Waals surface area contributed by atoms with E-state index in [1.807, 2.05) is 6.07 Å². The Balaban J connectivity index is 2.17. The van der Waals surface area contributed by atoms with Crippen LogP contribution in [0.3, 0.4) is 0 Å². The number of phenols is 1. The van der Waals surface area contributed by atoms with E-state index in [0.29, 0.717) is 11.7 Å². The number of aromatic hydroxyl groups is 1. The summed E-state index contributed by atoms with van der Waals surface area (Å²) in [5, 5.41) is 9.63. The van der Waals surface area contributed by atoms with Crippen LogP contribution >= 0.6 is 0 Å². The summed E-state index contributed by atoms with van der Waals surface area (Å²) < 4.78 is 4.99. The van der Waals surface area contributed by atoms with Gasteiger partial charge in [-0.05, 0) is 36.5 Å². The lowest BCUT2D eigenvalue weighted by Crippen LogP contribution is -2.26. The molecule has 0 radical (unpaired) electrons. The fraction of sp³-hybridized carbons (Fsp3) is 0.500. The predicted molar refractivity (Wildman–Crippen MR) is 58.9 cm³/mol. The van der Waals surface area contributed by atoms with Crippen molar-refractivity contribution >= 4 is 0 Å². The fourth-order valence-corrected chi connectivity index (χ4v) is 1.99. The lowest BCUT2D eigenvalue weighted by molar-refractivity contribution is 0.263. The van der Waals surface area contributed by atoms with Gasteiger partial charge in [-0.15, -0.1) is 0 Å². The Morgan fingerprint density at radius 2 is 2.20 bits per heavy atom. The average Bonchev–Trinajstić information content (AvgIpc) is 2.15. The molecule has 1 aliphatic carbocycles. The monoisotopic (exact) mass is 207 g/mol. The van der Waals surface area contributed by atoms with E-state index in [4.69, 9.17) is 10.5 Å². The predicted octanol–water partition coefficient (Wildman–Crippen LogP) is 2.20. The van der Waals surface area contributed by atoms with Crippen LogP contribution in [0.4, 0.5) is 0 Å². The zero-order chi connectivity index (χ0) is 10.8. The van der Waals surface area contributed by atoms with E-state index >= 15 is 0 Å². The van der Waals surface area contributed by atoms with Gasteiger partial charge < -0.3 is 15.6 Å². The van der Waals surface area contributed by atoms with Gasteiger partial charge in [-0.25, -0.2) is 0 Å². The first-order valence-corrected chi connectivity index (χ1v) is 5.35. The van der Waals surface area contributed by atoms with Gasteiger partial charge in [-0.2, -0.15) is 0 Å². The maximum Gasteiger partial charge on any atom is 0.160 e. The van der Waals surface area contributed by atoms with E-state index in [2.05, 4.69) is 0 Å². The smallest absolute Gasteiger partial charge is 0.160 e. The second-order valence-corrected chi connectivity index (χ2v) is 4.15. The maximum absolute atomic E-state index is 9.63. The van der Waals surface area contributed by atoms with Crippen molar-refractivity contribution in [1.82, 2.24) is 0 Å². The summed E-state index contributed by atoms with van der Waals surface area (Å²) in [5.41, 5.74) is 7.11. The summed E-state index contributed by atoms with van der Waals surface area (Å²) >= 11 is 0. The van der Waals surface area contributed by atoms with Gasteiger partial charge >= 0.3 is 0 Å². The molecule has 1 aliphatic rings. The lowest BCUT2D eigenvalue weighted by atomic mass is 9.77. The Morgan fingerprint density at radius 3 is 2.67 bits per heavy atom. The van der Waals surface area contributed by atoms with Crippen molar-refractivity contribution in [2.75, 3.05) is 7.11 Å². The minimum atomic E-state index is 0.0514. The molecule has 1 atom stereocenters. The van der Waals surface area contributed by atoms with E-state index < -0.39 is 0 Å². The number of methoxy groups -OCH3 is 1. The molecule has 82 valence electrons. The van der Waals surface area contributed by atoms with Gasteiger partial charge in [0.05, 0.1) is 7.11 Å². The van der Waals surface area contributed by atoms with Crippen LogP contribution < -0.4 is 10.5 Å². The van der Waals surface area contributed by atoms with Crippen LogP contribution in [0.2, 0.25) is 0 Å². The Labute approximate surface area is 89.9 Å². The van der Waals surface area contributed by atoms with Gasteiger partial charge in [0.15, 0.2) is 11.5 Å². The van der Waals surface area contributed by atoms with Crippen LogP contribution in [-0.2, 0) is 0 Å². The van der Waals surface area contributed by atoms with Crippen LogP contribution in [0.5, 0.6) is 11.5 Å². The van der Waals surface area contributed by atoms with Crippen molar-refractivity contribution in [2.24, 2.45) is 11.7 Å². The summed E-state index contributed by atoms with van der Waals surface area (Å²) in [6.45, 7) is 0. The maximum atomic E-state index is 9.63. The molecule has 0 aliphatic heterocycles. The highest BCUT2D eigenvalue weighted by Gasteiger charge is 2.25. The van der Waals surface area contributed by atoms with Crippen molar-refractivity contribution in [3.63, 3.8) is 0 Å². The summed E-state index contributed by atoms with van der Waals surface area (Å²) in [5.74, 6) is 1.25. The molecule has 3 heteroatoms. The number of ether oxygens (including phenoxy) is 1. The molecule has 0 heterocycles. The van der Waals surface area contributed by atoms with E-state index in [9.17, 15) is 5.11 Å². The molecule has 3 N–H and O–H groups in total. The third-order valence-electron chi connectivity index (χ3n) is 3.25. The summed E-state index contributed by atoms with van der Waals surface area (Å²) in [7, 11) is 1.54. The van der Waals surface area contributed by atoms with Crippen LogP contribution in [0.25, 0.3) is 0 Å². The van der Waals surface area contributed by atoms with Gasteiger partial charge in [0, 0.05) is 6.04 Å². The number of nitrogens with two attached hydrogens (primary N) is 1. The molecule has 0 unspecified atom stereocenters. The largest absolute Gasteiger partial charge is 0.504 e. The first-order valence-electron chi connectivity index (χ1n) is 5.35. The molecule has 3 nitrogen and oxygen atoms in total. The normalized spacial score (nSPS) is 18.3. The second kappa shape index (κ2) is 4.11. The van der Waals surface area contributed by atoms with Gasteiger partial charge in [-0.3, -0.25) is 0 Å². The number of hydrogen-bond acceptors (Lipinski definition) is 3. The molecule has 0 bridgehead atoms. The molecular formula is C12H17NO2. The van der Waals surface area contributed by atoms with E-state index in [-0.39, 0.29) is 11.8 Å². The minimum Gasteiger partial charge on any atom is -0.504 e. The lowest BCUT2D eigenvalue weighted by Gasteiger charge is -2.31. The summed E-state index contributed by atoms with van der Waals surface area (Å²) in [4.78, 5) is 0. The fourth-order valence-electron chi connectivity index (χ4n) is 1.99. The SMILES string of the molecule is COc1ccc([C@@H](N)C2CCC2)cc1O. The van der Waals surface area contributed by atoms with Crippen molar-refractivity contribution < 1.29 is 9.84 Å². The number of benzene rings is 1. The minimum absolute atomic E-state index is 0.0514. The van der Waals surface area contributed by atoms with Gasteiger partial charge in [0.2, 0.25) is 0 Å². The average molecular weight is 207 g/mol. The highest BCUT2D eigenvalue weighted by molar-refractivity contribution is 5.42. The zero-order valence-corrected chi connectivity index (χ0v) is 8.94. The van der Waals surface area contributed by atoms with E-state index in [0.717, 1.165) is 5.56 Å². The molecular weight excluding hydrogens is 190 g/mol. The van der Waals surface area contributed by atoms with Crippen molar-refractivity contribution in [1.29, 1.82) is 0 Å². The van der Waals surface area contributed by atoms with E-state index in [1.54, 1.807) is 19.2 Å². The summed E-state index contributed by atoms with van der Waals surface area (Å²) in [6, 6.07) is 5.46. The van der Waals surface area contributed by atoms with Gasteiger partial charge in [0.1, 0.15) is 0 Å². The van der Waals surface area contributed by atoms with Crippen molar-refractivity contribution in [2.45, 2.75) is 25.3 Å². The highest BCUT2D eigenvalue weighted by Crippen LogP contribution is 2.38. The number of rotatable bonds is 3. The Morgan fingerprint density at radius 1 is 1.47 bits per heavy atom. The van der Waals surface area contributed by atoms with E-state index in [1.165, 1.54) is 19.3 Å². The molecule has 0 spiro atoms. The van der Waals surface area contributed by atoms with Crippen LogP contribution in [0.1, 0.15) is 30.9 Å². The molecule has 0 aromatic heterocycles. The summed E-state index contributed by atoms with van der Waals surface area (Å²) in [6.07, 6.45) is 3.68. The molecule has 1 aromatic carbocycles. The molecule has 15 heavy (non-hydrogen) atoms. The Bertz CT molecular complexity index is 347. The van der Waals surface area contributed by atoms with Crippen LogP contribution in [-0.4, -0.2) is 12.2 Å². The van der Waals surface area contributed by atoms with Crippen LogP contribution in [0.15, 0.2) is 18.2 Å². The standard InChI is InChI=1S/C12H17NO2/c1-15-11-6-5-9(7-10(11)14)12(13)8-3-2-4-8/h5-8,12,14H,2-4,13H2,1H3/t12-/m0/s1. The Hall–Kier alpha value is -1.22. The van der Waals surface area contributed by atoms with Gasteiger partial charge in [0.25, 0.3) is 0 Å². The zero-order valence-electron chi connectivity index (χ0n) is 8.94. The third kappa shape index (κ3) is 1.92. The van der Waals surface area contributed by atoms with Crippen molar-refractivity contribution in [3.8, 4) is 11.5 Å². The molecule has 0 saturated heterocycles. The molecule has 1 aromatic rings. The molecule has 1 fully saturated rings. The second-order valence-electron chi connectivity index (χ2n) is 4.15. The Kier molecular flexibility index (Phi) is 2.82. The molecule has 0 amide bonds. The third-order valence-corrected chi connectivity index (χ3v) is 3.25. The number of hydrogen-bond donors (Lipinski definition) is 2. The number of phenolic OH excluding ortho intramolecular Hbond substituents is 1. The van der Waals surface area contributed by atoms with Gasteiger partial charge in [-0.1, -0.05) is 12.5 Å². The first-order chi connectivity index (χ1) is 7.22. The highest BCUT2D eigenvalue weighted by atomic mass is 16.5. The first kappa shape index (κ1) is 10.3.